The van der Waals surface area contributed by atoms with Crippen LogP contribution in [0.15, 0.2) is 12.7 Å². The topological polar surface area (TPSA) is 67.4 Å². The molecular weight excluding hydrogens is 316 g/mol. The van der Waals surface area contributed by atoms with E-state index in [4.69, 9.17) is 4.74 Å². The van der Waals surface area contributed by atoms with E-state index in [-0.39, 0.29) is 17.9 Å². The zero-order chi connectivity index (χ0) is 19.0. The van der Waals surface area contributed by atoms with E-state index in [2.05, 4.69) is 17.2 Å². The molecule has 0 saturated heterocycles. The maximum absolute atomic E-state index is 12.7. The summed E-state index contributed by atoms with van der Waals surface area (Å²) in [6.07, 6.45) is 8.48. The van der Waals surface area contributed by atoms with Crippen molar-refractivity contribution >= 4 is 12.0 Å². The molecule has 0 aromatic carbocycles. The highest BCUT2D eigenvalue weighted by molar-refractivity contribution is 5.86. The van der Waals surface area contributed by atoms with Crippen LogP contribution in [0.2, 0.25) is 0 Å². The molecule has 5 nitrogen and oxygen atoms in total. The van der Waals surface area contributed by atoms with Crippen LogP contribution < -0.4 is 10.6 Å². The van der Waals surface area contributed by atoms with Crippen LogP contribution in [0.3, 0.4) is 0 Å². The maximum Gasteiger partial charge on any atom is 0.408 e. The van der Waals surface area contributed by atoms with Crippen LogP contribution >= 0.6 is 0 Å². The molecule has 2 N–H and O–H groups in total. The van der Waals surface area contributed by atoms with Crippen LogP contribution in [0, 0.1) is 11.8 Å². The molecule has 0 aromatic rings. The van der Waals surface area contributed by atoms with Crippen LogP contribution in [-0.4, -0.2) is 29.7 Å². The molecule has 1 saturated carbocycles. The Balaban J connectivity index is 2.61. The minimum absolute atomic E-state index is 0.0346. The van der Waals surface area contributed by atoms with Gasteiger partial charge < -0.3 is 15.4 Å². The van der Waals surface area contributed by atoms with Gasteiger partial charge in [-0.1, -0.05) is 52.0 Å². The molecule has 25 heavy (non-hydrogen) atoms. The van der Waals surface area contributed by atoms with Crippen LogP contribution in [-0.2, 0) is 9.53 Å². The fraction of sp³-hybridized carbons (Fsp3) is 0.800. The number of hydrogen-bond acceptors (Lipinski definition) is 3. The lowest BCUT2D eigenvalue weighted by Crippen LogP contribution is -2.52. The number of alkyl carbamates (subject to hydrolysis) is 1. The lowest BCUT2D eigenvalue weighted by molar-refractivity contribution is -0.124. The van der Waals surface area contributed by atoms with E-state index in [0.29, 0.717) is 5.92 Å². The first kappa shape index (κ1) is 21.5. The SMILES string of the molecule is C=C[C@H](CC1CCCCC1)NC(=O)[C@@H](NC(=O)OC(C)(C)C)C(C)C. The van der Waals surface area contributed by atoms with E-state index in [9.17, 15) is 9.59 Å². The third kappa shape index (κ3) is 8.41. The van der Waals surface area contributed by atoms with Gasteiger partial charge in [-0.25, -0.2) is 4.79 Å². The standard InChI is InChI=1S/C20H36N2O3/c1-7-16(13-15-11-9-8-10-12-15)21-18(23)17(14(2)3)22-19(24)25-20(4,5)6/h7,14-17H,1,8-13H2,2-6H3,(H,21,23)(H,22,24)/t16-,17+/m1/s1. The molecule has 0 heterocycles. The summed E-state index contributed by atoms with van der Waals surface area (Å²) in [7, 11) is 0. The zero-order valence-electron chi connectivity index (χ0n) is 16.6. The summed E-state index contributed by atoms with van der Waals surface area (Å²) >= 11 is 0. The number of nitrogens with one attached hydrogen (secondary N) is 2. The highest BCUT2D eigenvalue weighted by atomic mass is 16.6. The summed E-state index contributed by atoms with van der Waals surface area (Å²) in [5, 5.41) is 5.73. The molecule has 0 spiro atoms. The Morgan fingerprint density at radius 3 is 2.24 bits per heavy atom. The van der Waals surface area contributed by atoms with Crippen LogP contribution in [0.4, 0.5) is 4.79 Å². The van der Waals surface area contributed by atoms with Gasteiger partial charge in [0.25, 0.3) is 0 Å². The molecule has 1 aliphatic carbocycles. The first-order chi connectivity index (χ1) is 11.6. The fourth-order valence-corrected chi connectivity index (χ4v) is 3.24. The highest BCUT2D eigenvalue weighted by Gasteiger charge is 2.28. The summed E-state index contributed by atoms with van der Waals surface area (Å²) in [4.78, 5) is 24.7. The van der Waals surface area contributed by atoms with Crippen molar-refractivity contribution in [2.45, 2.75) is 90.8 Å². The second-order valence-electron chi connectivity index (χ2n) is 8.46. The summed E-state index contributed by atoms with van der Waals surface area (Å²) in [6.45, 7) is 13.1. The third-order valence-electron chi connectivity index (χ3n) is 4.55. The van der Waals surface area contributed by atoms with E-state index >= 15 is 0 Å². The smallest absolute Gasteiger partial charge is 0.408 e. The zero-order valence-corrected chi connectivity index (χ0v) is 16.6. The summed E-state index contributed by atoms with van der Waals surface area (Å²) in [5.41, 5.74) is -0.591. The number of carbonyl (C=O) groups is 2. The van der Waals surface area contributed by atoms with Gasteiger partial charge in [0.15, 0.2) is 0 Å². The Hall–Kier alpha value is -1.52. The number of carbonyl (C=O) groups excluding carboxylic acids is 2. The molecule has 1 rings (SSSR count). The van der Waals surface area contributed by atoms with E-state index in [1.54, 1.807) is 26.8 Å². The first-order valence-electron chi connectivity index (χ1n) is 9.55. The third-order valence-corrected chi connectivity index (χ3v) is 4.55. The van der Waals surface area contributed by atoms with Crippen molar-refractivity contribution in [1.29, 1.82) is 0 Å². The monoisotopic (exact) mass is 352 g/mol. The van der Waals surface area contributed by atoms with Crippen molar-refractivity contribution in [3.63, 3.8) is 0 Å². The Morgan fingerprint density at radius 1 is 1.16 bits per heavy atom. The minimum atomic E-state index is -0.622. The predicted molar refractivity (Wildman–Crippen MR) is 101 cm³/mol. The van der Waals surface area contributed by atoms with E-state index < -0.39 is 17.7 Å². The minimum Gasteiger partial charge on any atom is -0.444 e. The molecule has 1 aliphatic rings. The second kappa shape index (κ2) is 9.83. The maximum atomic E-state index is 12.7. The number of rotatable bonds is 7. The first-order valence-corrected chi connectivity index (χ1v) is 9.55. The van der Waals surface area contributed by atoms with Crippen molar-refractivity contribution in [2.24, 2.45) is 11.8 Å². The number of hydrogen-bond donors (Lipinski definition) is 2. The molecule has 1 fully saturated rings. The predicted octanol–water partition coefficient (Wildman–Crippen LogP) is 4.18. The van der Waals surface area contributed by atoms with E-state index in [0.717, 1.165) is 6.42 Å². The molecule has 2 amide bonds. The molecule has 144 valence electrons. The van der Waals surface area contributed by atoms with Crippen LogP contribution in [0.25, 0.3) is 0 Å². The van der Waals surface area contributed by atoms with Gasteiger partial charge in [0.1, 0.15) is 11.6 Å². The lowest BCUT2D eigenvalue weighted by atomic mass is 9.84. The van der Waals surface area contributed by atoms with E-state index in [1.807, 2.05) is 13.8 Å². The highest BCUT2D eigenvalue weighted by Crippen LogP contribution is 2.27. The van der Waals surface area contributed by atoms with Gasteiger partial charge in [0, 0.05) is 6.04 Å². The second-order valence-corrected chi connectivity index (χ2v) is 8.46. The molecule has 0 aromatic heterocycles. The van der Waals surface area contributed by atoms with Crippen molar-refractivity contribution in [1.82, 2.24) is 10.6 Å². The fourth-order valence-electron chi connectivity index (χ4n) is 3.24. The molecule has 0 aliphatic heterocycles. The van der Waals surface area contributed by atoms with Crippen LogP contribution in [0.1, 0.15) is 73.1 Å². The Morgan fingerprint density at radius 2 is 1.76 bits per heavy atom. The molecule has 0 radical (unpaired) electrons. The number of amides is 2. The van der Waals surface area contributed by atoms with Crippen molar-refractivity contribution in [2.75, 3.05) is 0 Å². The average Bonchev–Trinajstić information content (AvgIpc) is 2.50. The molecule has 0 unspecified atom stereocenters. The van der Waals surface area contributed by atoms with Crippen molar-refractivity contribution < 1.29 is 14.3 Å². The summed E-state index contributed by atoms with van der Waals surface area (Å²) < 4.78 is 5.27. The Labute approximate surface area is 153 Å². The lowest BCUT2D eigenvalue weighted by Gasteiger charge is -2.28. The van der Waals surface area contributed by atoms with Gasteiger partial charge in [0.2, 0.25) is 5.91 Å². The van der Waals surface area contributed by atoms with Gasteiger partial charge in [-0.05, 0) is 39.0 Å². The van der Waals surface area contributed by atoms with Gasteiger partial charge in [-0.2, -0.15) is 0 Å². The van der Waals surface area contributed by atoms with Gasteiger partial charge in [-0.15, -0.1) is 6.58 Å². The summed E-state index contributed by atoms with van der Waals surface area (Å²) in [5.74, 6) is 0.433. The normalized spacial score (nSPS) is 18.3. The quantitative estimate of drug-likeness (QED) is 0.676. The number of ether oxygens (including phenoxy) is 1. The van der Waals surface area contributed by atoms with Gasteiger partial charge in [-0.3, -0.25) is 4.79 Å². The Bertz CT molecular complexity index is 448. The van der Waals surface area contributed by atoms with Gasteiger partial charge >= 0.3 is 6.09 Å². The average molecular weight is 353 g/mol. The largest absolute Gasteiger partial charge is 0.444 e. The summed E-state index contributed by atoms with van der Waals surface area (Å²) in [6, 6.07) is -0.680. The molecule has 5 heteroatoms. The van der Waals surface area contributed by atoms with Crippen LogP contribution in [0.5, 0.6) is 0 Å². The molecule has 0 bridgehead atoms. The van der Waals surface area contributed by atoms with Crippen molar-refractivity contribution in [3.8, 4) is 0 Å². The molecule has 2 atom stereocenters. The van der Waals surface area contributed by atoms with Gasteiger partial charge in [0.05, 0.1) is 0 Å². The van der Waals surface area contributed by atoms with E-state index in [1.165, 1.54) is 32.1 Å². The Kier molecular flexibility index (Phi) is 8.46. The molecular formula is C20H36N2O3. The van der Waals surface area contributed by atoms with Crippen molar-refractivity contribution in [3.05, 3.63) is 12.7 Å².